The second kappa shape index (κ2) is 7.31. The first-order chi connectivity index (χ1) is 11.9. The summed E-state index contributed by atoms with van der Waals surface area (Å²) in [5.41, 5.74) is 1.62. The van der Waals surface area contributed by atoms with E-state index in [0.29, 0.717) is 5.56 Å². The van der Waals surface area contributed by atoms with E-state index in [1.54, 1.807) is 24.5 Å². The van der Waals surface area contributed by atoms with E-state index in [0.717, 1.165) is 44.8 Å². The van der Waals surface area contributed by atoms with Crippen LogP contribution in [-0.4, -0.2) is 61.9 Å². The Morgan fingerprint density at radius 3 is 2.56 bits per heavy atom. The molecular weight excluding hydrogens is 316 g/mol. The number of carbonyl (C=O) groups excluding carboxylic acids is 1. The van der Waals surface area contributed by atoms with Gasteiger partial charge in [0.15, 0.2) is 0 Å². The molecule has 2 aromatic heterocycles. The molecule has 25 heavy (non-hydrogen) atoms. The Morgan fingerprint density at radius 1 is 1.12 bits per heavy atom. The molecule has 0 saturated carbocycles. The molecule has 3 heterocycles. The molecule has 7 heteroatoms. The fourth-order valence-corrected chi connectivity index (χ4v) is 2.94. The summed E-state index contributed by atoms with van der Waals surface area (Å²) >= 11 is 0. The van der Waals surface area contributed by atoms with Crippen LogP contribution in [-0.2, 0) is 12.1 Å². The predicted octanol–water partition coefficient (Wildman–Crippen LogP) is 1.78. The van der Waals surface area contributed by atoms with Crippen LogP contribution < -0.4 is 0 Å². The lowest BCUT2D eigenvalue weighted by Gasteiger charge is -2.21. The predicted molar refractivity (Wildman–Crippen MR) is 95.1 cm³/mol. The van der Waals surface area contributed by atoms with E-state index in [1.807, 2.05) is 15.8 Å². The smallest absolute Gasteiger partial charge is 0.254 e. The zero-order valence-corrected chi connectivity index (χ0v) is 15.2. The zero-order valence-electron chi connectivity index (χ0n) is 15.2. The highest BCUT2D eigenvalue weighted by Crippen LogP contribution is 2.14. The first-order valence-electron chi connectivity index (χ1n) is 8.77. The van der Waals surface area contributed by atoms with Crippen LogP contribution in [0, 0.1) is 0 Å². The fraction of sp³-hybridized carbons (Fsp3) is 0.556. The molecular formula is C18H26N6O. The van der Waals surface area contributed by atoms with Crippen molar-refractivity contribution < 1.29 is 4.79 Å². The zero-order chi connectivity index (χ0) is 17.9. The normalized spacial score (nSPS) is 16.7. The van der Waals surface area contributed by atoms with Gasteiger partial charge in [0.05, 0.1) is 17.4 Å². The van der Waals surface area contributed by atoms with Crippen molar-refractivity contribution in [1.29, 1.82) is 0 Å². The van der Waals surface area contributed by atoms with E-state index in [4.69, 9.17) is 0 Å². The molecule has 1 aliphatic rings. The first-order valence-corrected chi connectivity index (χ1v) is 8.77. The molecule has 7 nitrogen and oxygen atoms in total. The molecule has 134 valence electrons. The van der Waals surface area contributed by atoms with Crippen LogP contribution in [0.1, 0.15) is 43.2 Å². The summed E-state index contributed by atoms with van der Waals surface area (Å²) < 4.78 is 1.90. The minimum absolute atomic E-state index is 0.0577. The van der Waals surface area contributed by atoms with Gasteiger partial charge in [-0.1, -0.05) is 5.21 Å². The van der Waals surface area contributed by atoms with Crippen LogP contribution in [0.4, 0.5) is 0 Å². The molecule has 0 aliphatic carbocycles. The molecule has 0 bridgehead atoms. The van der Waals surface area contributed by atoms with E-state index in [1.165, 1.54) is 0 Å². The summed E-state index contributed by atoms with van der Waals surface area (Å²) in [6, 6.07) is 3.55. The van der Waals surface area contributed by atoms with Crippen molar-refractivity contribution in [2.75, 3.05) is 26.2 Å². The minimum atomic E-state index is -0.0577. The van der Waals surface area contributed by atoms with Crippen LogP contribution >= 0.6 is 0 Å². The Balaban J connectivity index is 1.58. The van der Waals surface area contributed by atoms with Gasteiger partial charge in [-0.3, -0.25) is 14.7 Å². The molecule has 2 aromatic rings. The molecule has 0 aromatic carbocycles. The second-order valence-corrected chi connectivity index (χ2v) is 7.48. The van der Waals surface area contributed by atoms with Crippen LogP contribution in [0.25, 0.3) is 0 Å². The van der Waals surface area contributed by atoms with E-state index in [9.17, 15) is 4.79 Å². The highest BCUT2D eigenvalue weighted by atomic mass is 16.2. The van der Waals surface area contributed by atoms with E-state index < -0.39 is 0 Å². The molecule has 3 rings (SSSR count). The maximum absolute atomic E-state index is 12.6. The van der Waals surface area contributed by atoms with Gasteiger partial charge in [-0.15, -0.1) is 5.10 Å². The molecule has 1 amide bonds. The summed E-state index contributed by atoms with van der Waals surface area (Å²) in [5.74, 6) is 0.0860. The minimum Gasteiger partial charge on any atom is -0.337 e. The number of amides is 1. The number of nitrogens with zero attached hydrogens (tertiary/aromatic N) is 6. The summed E-state index contributed by atoms with van der Waals surface area (Å²) in [6.07, 6.45) is 6.31. The van der Waals surface area contributed by atoms with Gasteiger partial charge in [0.2, 0.25) is 0 Å². The van der Waals surface area contributed by atoms with Crippen LogP contribution in [0.5, 0.6) is 0 Å². The summed E-state index contributed by atoms with van der Waals surface area (Å²) in [5, 5.41) is 8.52. The van der Waals surface area contributed by atoms with Crippen LogP contribution in [0.2, 0.25) is 0 Å². The quantitative estimate of drug-likeness (QED) is 0.850. The third kappa shape index (κ3) is 4.42. The van der Waals surface area contributed by atoms with Crippen molar-refractivity contribution in [1.82, 2.24) is 29.8 Å². The maximum Gasteiger partial charge on any atom is 0.254 e. The number of rotatable bonds is 3. The molecule has 0 radical (unpaired) electrons. The number of carbonyl (C=O) groups is 1. The van der Waals surface area contributed by atoms with Gasteiger partial charge in [-0.05, 0) is 39.3 Å². The third-order valence-electron chi connectivity index (χ3n) is 4.42. The van der Waals surface area contributed by atoms with E-state index >= 15 is 0 Å². The highest BCUT2D eigenvalue weighted by Gasteiger charge is 2.21. The molecule has 0 N–H and O–H groups in total. The van der Waals surface area contributed by atoms with Crippen molar-refractivity contribution in [2.45, 2.75) is 39.3 Å². The van der Waals surface area contributed by atoms with Crippen LogP contribution in [0.15, 0.2) is 30.7 Å². The van der Waals surface area contributed by atoms with Crippen molar-refractivity contribution in [3.8, 4) is 0 Å². The topological polar surface area (TPSA) is 67.2 Å². The Kier molecular flexibility index (Phi) is 5.13. The summed E-state index contributed by atoms with van der Waals surface area (Å²) in [4.78, 5) is 20.8. The lowest BCUT2D eigenvalue weighted by Crippen LogP contribution is -2.35. The van der Waals surface area contributed by atoms with Gasteiger partial charge in [0.1, 0.15) is 0 Å². The molecule has 0 unspecified atom stereocenters. The number of hydrogen-bond donors (Lipinski definition) is 0. The van der Waals surface area contributed by atoms with Gasteiger partial charge in [-0.2, -0.15) is 0 Å². The average Bonchev–Trinajstić information content (AvgIpc) is 2.94. The number of pyridine rings is 1. The summed E-state index contributed by atoms with van der Waals surface area (Å²) in [6.45, 7) is 10.4. The monoisotopic (exact) mass is 342 g/mol. The third-order valence-corrected chi connectivity index (χ3v) is 4.42. The Labute approximate surface area is 148 Å². The summed E-state index contributed by atoms with van der Waals surface area (Å²) in [7, 11) is 0. The number of aromatic nitrogens is 4. The van der Waals surface area contributed by atoms with Gasteiger partial charge < -0.3 is 4.90 Å². The lowest BCUT2D eigenvalue weighted by molar-refractivity contribution is 0.0761. The van der Waals surface area contributed by atoms with Crippen molar-refractivity contribution in [3.63, 3.8) is 0 Å². The molecule has 1 fully saturated rings. The Morgan fingerprint density at radius 2 is 1.88 bits per heavy atom. The Hall–Kier alpha value is -2.28. The van der Waals surface area contributed by atoms with Gasteiger partial charge >= 0.3 is 0 Å². The Bertz CT molecular complexity index is 706. The molecule has 0 spiro atoms. The first kappa shape index (κ1) is 17.5. The lowest BCUT2D eigenvalue weighted by atomic mass is 10.1. The molecule has 1 saturated heterocycles. The van der Waals surface area contributed by atoms with E-state index in [-0.39, 0.29) is 11.4 Å². The molecule has 0 atom stereocenters. The number of hydrogen-bond acceptors (Lipinski definition) is 5. The van der Waals surface area contributed by atoms with Crippen molar-refractivity contribution in [2.24, 2.45) is 0 Å². The molecule has 1 aliphatic heterocycles. The fourth-order valence-electron chi connectivity index (χ4n) is 2.94. The van der Waals surface area contributed by atoms with Crippen LogP contribution in [0.3, 0.4) is 0 Å². The SMILES string of the molecule is CC(C)(C)n1cc(CN2CCCN(C(=O)c3ccncc3)CC2)nn1. The van der Waals surface area contributed by atoms with Gasteiger partial charge in [0, 0.05) is 50.7 Å². The highest BCUT2D eigenvalue weighted by molar-refractivity contribution is 5.94. The van der Waals surface area contributed by atoms with Gasteiger partial charge in [-0.25, -0.2) is 4.68 Å². The van der Waals surface area contributed by atoms with Crippen molar-refractivity contribution >= 4 is 5.91 Å². The second-order valence-electron chi connectivity index (χ2n) is 7.48. The van der Waals surface area contributed by atoms with E-state index in [2.05, 4.69) is 41.0 Å². The van der Waals surface area contributed by atoms with Gasteiger partial charge in [0.25, 0.3) is 5.91 Å². The standard InChI is InChI=1S/C18H26N6O/c1-18(2,3)24-14-16(20-21-24)13-22-9-4-10-23(12-11-22)17(25)15-5-7-19-8-6-15/h5-8,14H,4,9-13H2,1-3H3. The maximum atomic E-state index is 12.6. The van der Waals surface area contributed by atoms with Crippen molar-refractivity contribution in [3.05, 3.63) is 42.0 Å². The average molecular weight is 342 g/mol. The largest absolute Gasteiger partial charge is 0.337 e.